The fourth-order valence-corrected chi connectivity index (χ4v) is 2.72. The van der Waals surface area contributed by atoms with Gasteiger partial charge in [-0.2, -0.15) is 0 Å². The zero-order valence-corrected chi connectivity index (χ0v) is 11.0. The minimum atomic E-state index is -0.213. The molecule has 0 bridgehead atoms. The van der Waals surface area contributed by atoms with Gasteiger partial charge in [-0.25, -0.2) is 4.79 Å². The lowest BCUT2D eigenvalue weighted by atomic mass is 9.94. The van der Waals surface area contributed by atoms with Crippen molar-refractivity contribution in [1.82, 2.24) is 4.57 Å². The lowest BCUT2D eigenvalue weighted by Crippen LogP contribution is -2.12. The average Bonchev–Trinajstić information content (AvgIpc) is 2.53. The molecule has 0 unspecified atom stereocenters. The van der Waals surface area contributed by atoms with Crippen molar-refractivity contribution in [2.24, 2.45) is 7.05 Å². The number of allylic oxidation sites excluding steroid dienone is 2. The number of esters is 1. The van der Waals surface area contributed by atoms with E-state index in [0.717, 1.165) is 18.4 Å². The van der Waals surface area contributed by atoms with E-state index < -0.39 is 0 Å². The molecule has 3 nitrogen and oxygen atoms in total. The minimum Gasteiger partial charge on any atom is -0.461 e. The van der Waals surface area contributed by atoms with E-state index in [4.69, 9.17) is 4.74 Å². The number of nitrogens with zero attached hydrogens (tertiary/aromatic N) is 1. The van der Waals surface area contributed by atoms with E-state index in [-0.39, 0.29) is 5.97 Å². The van der Waals surface area contributed by atoms with E-state index in [2.05, 4.69) is 13.0 Å². The molecule has 1 aromatic heterocycles. The van der Waals surface area contributed by atoms with Crippen LogP contribution in [0.4, 0.5) is 0 Å². The van der Waals surface area contributed by atoms with Gasteiger partial charge in [0.15, 0.2) is 0 Å². The van der Waals surface area contributed by atoms with Crippen molar-refractivity contribution in [2.75, 3.05) is 6.61 Å². The third-order valence-corrected chi connectivity index (χ3v) is 3.45. The van der Waals surface area contributed by atoms with Gasteiger partial charge in [0.2, 0.25) is 0 Å². The van der Waals surface area contributed by atoms with Gasteiger partial charge in [0.1, 0.15) is 5.69 Å². The standard InChI is InChI=1S/C14H19NO2/c1-5-17-14(16)13-10(3)12-9(2)7-6-8-11(12)15(13)4/h7H,5-6,8H2,1-4H3. The maximum Gasteiger partial charge on any atom is 0.355 e. The Morgan fingerprint density at radius 1 is 1.47 bits per heavy atom. The second-order valence-electron chi connectivity index (χ2n) is 4.50. The maximum atomic E-state index is 11.9. The highest BCUT2D eigenvalue weighted by Crippen LogP contribution is 2.33. The molecule has 0 aliphatic heterocycles. The maximum absolute atomic E-state index is 11.9. The van der Waals surface area contributed by atoms with E-state index in [0.29, 0.717) is 12.3 Å². The molecule has 1 aliphatic rings. The summed E-state index contributed by atoms with van der Waals surface area (Å²) in [6.45, 7) is 6.37. The van der Waals surface area contributed by atoms with E-state index in [1.165, 1.54) is 16.8 Å². The first-order chi connectivity index (χ1) is 8.07. The molecule has 92 valence electrons. The zero-order valence-electron chi connectivity index (χ0n) is 11.0. The Morgan fingerprint density at radius 2 is 2.18 bits per heavy atom. The van der Waals surface area contributed by atoms with Gasteiger partial charge in [0.05, 0.1) is 6.61 Å². The fraction of sp³-hybridized carbons (Fsp3) is 0.500. The van der Waals surface area contributed by atoms with Crippen LogP contribution in [0.15, 0.2) is 6.08 Å². The summed E-state index contributed by atoms with van der Waals surface area (Å²) < 4.78 is 7.12. The SMILES string of the molecule is CCOC(=O)c1c(C)c2c(n1C)CCC=C2C. The number of hydrogen-bond donors (Lipinski definition) is 0. The molecule has 2 rings (SSSR count). The van der Waals surface area contributed by atoms with Crippen molar-refractivity contribution in [3.8, 4) is 0 Å². The summed E-state index contributed by atoms with van der Waals surface area (Å²) in [6.07, 6.45) is 4.30. The Kier molecular flexibility index (Phi) is 3.09. The largest absolute Gasteiger partial charge is 0.461 e. The van der Waals surface area contributed by atoms with Gasteiger partial charge in [0.25, 0.3) is 0 Å². The molecule has 0 N–H and O–H groups in total. The highest BCUT2D eigenvalue weighted by atomic mass is 16.5. The Bertz CT molecular complexity index is 495. The molecule has 0 aromatic carbocycles. The van der Waals surface area contributed by atoms with Crippen molar-refractivity contribution in [3.05, 3.63) is 28.6 Å². The number of rotatable bonds is 2. The molecule has 0 saturated carbocycles. The van der Waals surface area contributed by atoms with Crippen LogP contribution in [0.2, 0.25) is 0 Å². The van der Waals surface area contributed by atoms with Crippen LogP contribution < -0.4 is 0 Å². The number of aromatic nitrogens is 1. The van der Waals surface area contributed by atoms with Gasteiger partial charge >= 0.3 is 5.97 Å². The highest BCUT2D eigenvalue weighted by Gasteiger charge is 2.25. The van der Waals surface area contributed by atoms with E-state index in [1.807, 2.05) is 25.5 Å². The topological polar surface area (TPSA) is 31.2 Å². The number of ether oxygens (including phenoxy) is 1. The Labute approximate surface area is 102 Å². The summed E-state index contributed by atoms with van der Waals surface area (Å²) >= 11 is 0. The van der Waals surface area contributed by atoms with Gasteiger partial charge in [-0.05, 0) is 44.7 Å². The zero-order chi connectivity index (χ0) is 12.6. The first-order valence-corrected chi connectivity index (χ1v) is 6.10. The molecule has 0 radical (unpaired) electrons. The molecule has 0 spiro atoms. The first kappa shape index (κ1) is 12.0. The van der Waals surface area contributed by atoms with Crippen LogP contribution in [0.1, 0.15) is 47.6 Å². The number of carbonyl (C=O) groups is 1. The summed E-state index contributed by atoms with van der Waals surface area (Å²) in [7, 11) is 1.96. The molecule has 0 saturated heterocycles. The fourth-order valence-electron chi connectivity index (χ4n) is 2.72. The normalized spacial score (nSPS) is 14.2. The van der Waals surface area contributed by atoms with E-state index >= 15 is 0 Å². The molecular formula is C14H19NO2. The monoisotopic (exact) mass is 233 g/mol. The van der Waals surface area contributed by atoms with Crippen LogP contribution in [0.5, 0.6) is 0 Å². The van der Waals surface area contributed by atoms with Gasteiger partial charge in [-0.15, -0.1) is 0 Å². The Morgan fingerprint density at radius 3 is 2.76 bits per heavy atom. The van der Waals surface area contributed by atoms with Crippen LogP contribution in [0.25, 0.3) is 5.57 Å². The second-order valence-corrected chi connectivity index (χ2v) is 4.50. The van der Waals surface area contributed by atoms with Crippen LogP contribution in [0, 0.1) is 6.92 Å². The Hall–Kier alpha value is -1.51. The predicted molar refractivity (Wildman–Crippen MR) is 68.1 cm³/mol. The number of carbonyl (C=O) groups excluding carboxylic acids is 1. The predicted octanol–water partition coefficient (Wildman–Crippen LogP) is 2.86. The van der Waals surface area contributed by atoms with Crippen molar-refractivity contribution >= 4 is 11.5 Å². The molecule has 3 heteroatoms. The molecule has 0 amide bonds. The van der Waals surface area contributed by atoms with Crippen LogP contribution in [-0.2, 0) is 18.2 Å². The minimum absolute atomic E-state index is 0.213. The first-order valence-electron chi connectivity index (χ1n) is 6.10. The van der Waals surface area contributed by atoms with Gasteiger partial charge < -0.3 is 9.30 Å². The molecule has 17 heavy (non-hydrogen) atoms. The van der Waals surface area contributed by atoms with Crippen molar-refractivity contribution in [3.63, 3.8) is 0 Å². The van der Waals surface area contributed by atoms with Crippen LogP contribution in [0.3, 0.4) is 0 Å². The molecule has 1 heterocycles. The third-order valence-electron chi connectivity index (χ3n) is 3.45. The Balaban J connectivity index is 2.56. The second kappa shape index (κ2) is 4.40. The third kappa shape index (κ3) is 1.79. The molecule has 0 fully saturated rings. The summed E-state index contributed by atoms with van der Waals surface area (Å²) in [5.41, 5.74) is 5.52. The number of hydrogen-bond acceptors (Lipinski definition) is 2. The number of fused-ring (bicyclic) bond motifs is 1. The van der Waals surface area contributed by atoms with Crippen molar-refractivity contribution < 1.29 is 9.53 Å². The lowest BCUT2D eigenvalue weighted by Gasteiger charge is -2.13. The quantitative estimate of drug-likeness (QED) is 0.735. The lowest BCUT2D eigenvalue weighted by molar-refractivity contribution is 0.0514. The highest BCUT2D eigenvalue weighted by molar-refractivity contribution is 5.92. The van der Waals surface area contributed by atoms with Crippen molar-refractivity contribution in [1.29, 1.82) is 0 Å². The molecule has 1 aliphatic carbocycles. The van der Waals surface area contributed by atoms with Crippen molar-refractivity contribution in [2.45, 2.75) is 33.6 Å². The van der Waals surface area contributed by atoms with E-state index in [1.54, 1.807) is 0 Å². The summed E-state index contributed by atoms with van der Waals surface area (Å²) in [6, 6.07) is 0. The van der Waals surface area contributed by atoms with Gasteiger partial charge in [-0.3, -0.25) is 0 Å². The van der Waals surface area contributed by atoms with Crippen LogP contribution >= 0.6 is 0 Å². The smallest absolute Gasteiger partial charge is 0.355 e. The van der Waals surface area contributed by atoms with Crippen LogP contribution in [-0.4, -0.2) is 17.1 Å². The van der Waals surface area contributed by atoms with E-state index in [9.17, 15) is 4.79 Å². The summed E-state index contributed by atoms with van der Waals surface area (Å²) in [4.78, 5) is 11.9. The molecule has 0 atom stereocenters. The summed E-state index contributed by atoms with van der Waals surface area (Å²) in [5, 5.41) is 0. The average molecular weight is 233 g/mol. The molecule has 1 aromatic rings. The van der Waals surface area contributed by atoms with Gasteiger partial charge in [0, 0.05) is 18.3 Å². The summed E-state index contributed by atoms with van der Waals surface area (Å²) in [5.74, 6) is -0.213. The van der Waals surface area contributed by atoms with Gasteiger partial charge in [-0.1, -0.05) is 6.08 Å². The molecular weight excluding hydrogens is 214 g/mol.